The molecule has 16 heavy (non-hydrogen) atoms. The van der Waals surface area contributed by atoms with Crippen LogP contribution in [0, 0.1) is 6.92 Å². The molecule has 0 bridgehead atoms. The molecule has 3 nitrogen and oxygen atoms in total. The first kappa shape index (κ1) is 13.1. The molecule has 1 atom stereocenters. The van der Waals surface area contributed by atoms with Gasteiger partial charge in [0.2, 0.25) is 0 Å². The Labute approximate surface area is 105 Å². The summed E-state index contributed by atoms with van der Waals surface area (Å²) in [5.41, 5.74) is 6.70. The molecule has 1 aromatic heterocycles. The van der Waals surface area contributed by atoms with E-state index in [1.165, 1.54) is 11.3 Å². The lowest BCUT2D eigenvalue weighted by atomic mass is 9.98. The second-order valence-corrected chi connectivity index (χ2v) is 5.16. The Kier molecular flexibility index (Phi) is 4.04. The van der Waals surface area contributed by atoms with E-state index in [0.717, 1.165) is 5.56 Å². The van der Waals surface area contributed by atoms with Crippen LogP contribution in [0.5, 0.6) is 0 Å². The Hall–Kier alpha value is -0.940. The van der Waals surface area contributed by atoms with Crippen molar-refractivity contribution < 1.29 is 4.79 Å². The van der Waals surface area contributed by atoms with Crippen molar-refractivity contribution in [3.8, 4) is 0 Å². The van der Waals surface area contributed by atoms with Gasteiger partial charge in [-0.1, -0.05) is 19.1 Å². The number of hydrogen-bond donors (Lipinski definition) is 2. The Morgan fingerprint density at radius 3 is 2.62 bits per heavy atom. The second-order valence-electron chi connectivity index (χ2n) is 3.97. The van der Waals surface area contributed by atoms with Crippen molar-refractivity contribution in [3.05, 3.63) is 21.9 Å². The number of rotatable bonds is 4. The van der Waals surface area contributed by atoms with E-state index in [1.54, 1.807) is 0 Å². The molecule has 0 aliphatic rings. The Morgan fingerprint density at radius 2 is 2.25 bits per heavy atom. The zero-order valence-corrected chi connectivity index (χ0v) is 11.3. The van der Waals surface area contributed by atoms with E-state index in [9.17, 15) is 4.79 Å². The van der Waals surface area contributed by atoms with E-state index in [0.29, 0.717) is 17.0 Å². The first-order valence-electron chi connectivity index (χ1n) is 5.06. The fourth-order valence-electron chi connectivity index (χ4n) is 1.24. The van der Waals surface area contributed by atoms with Crippen LogP contribution < -0.4 is 11.1 Å². The quantitative estimate of drug-likeness (QED) is 0.812. The fourth-order valence-corrected chi connectivity index (χ4v) is 2.26. The molecule has 0 radical (unpaired) electrons. The molecular formula is C11H16N2OS2. The van der Waals surface area contributed by atoms with Crippen molar-refractivity contribution in [1.82, 2.24) is 5.32 Å². The van der Waals surface area contributed by atoms with Crippen LogP contribution in [0.25, 0.3) is 0 Å². The van der Waals surface area contributed by atoms with Gasteiger partial charge in [0.25, 0.3) is 5.91 Å². The molecule has 1 unspecified atom stereocenters. The minimum Gasteiger partial charge on any atom is -0.391 e. The molecule has 1 heterocycles. The zero-order valence-electron chi connectivity index (χ0n) is 9.66. The average Bonchev–Trinajstić information content (AvgIpc) is 2.64. The summed E-state index contributed by atoms with van der Waals surface area (Å²) in [4.78, 5) is 12.3. The van der Waals surface area contributed by atoms with Crippen molar-refractivity contribution in [2.24, 2.45) is 5.73 Å². The van der Waals surface area contributed by atoms with Gasteiger partial charge in [-0.15, -0.1) is 0 Å². The van der Waals surface area contributed by atoms with Crippen LogP contribution in [0.2, 0.25) is 0 Å². The molecule has 0 aliphatic heterocycles. The summed E-state index contributed by atoms with van der Waals surface area (Å²) in [5, 5.41) is 6.66. The molecule has 1 amide bonds. The van der Waals surface area contributed by atoms with Gasteiger partial charge in [0.1, 0.15) is 0 Å². The van der Waals surface area contributed by atoms with Crippen LogP contribution in [0.15, 0.2) is 10.8 Å². The Bertz CT molecular complexity index is 414. The maximum atomic E-state index is 12.0. The molecule has 0 aromatic carbocycles. The molecule has 0 fully saturated rings. The summed E-state index contributed by atoms with van der Waals surface area (Å²) in [5.74, 6) is -0.115. The van der Waals surface area contributed by atoms with Gasteiger partial charge in [0, 0.05) is 5.38 Å². The van der Waals surface area contributed by atoms with E-state index in [4.69, 9.17) is 18.0 Å². The number of aryl methyl sites for hydroxylation is 1. The standard InChI is InChI=1S/C11H16N2OS2/c1-4-11(3,10(12)15)13-9(14)8-6-16-5-7(8)2/h5-6H,4H2,1-3H3,(H2,12,15)(H,13,14). The summed E-state index contributed by atoms with van der Waals surface area (Å²) in [6, 6.07) is 0. The summed E-state index contributed by atoms with van der Waals surface area (Å²) in [6.07, 6.45) is 0.678. The highest BCUT2D eigenvalue weighted by Gasteiger charge is 2.28. The molecule has 88 valence electrons. The molecule has 5 heteroatoms. The summed E-state index contributed by atoms with van der Waals surface area (Å²) in [7, 11) is 0. The van der Waals surface area contributed by atoms with E-state index >= 15 is 0 Å². The molecular weight excluding hydrogens is 240 g/mol. The SMILES string of the molecule is CCC(C)(NC(=O)c1cscc1C)C(N)=S. The van der Waals surface area contributed by atoms with Crippen LogP contribution in [-0.2, 0) is 0 Å². The van der Waals surface area contributed by atoms with Gasteiger partial charge < -0.3 is 11.1 Å². The maximum Gasteiger partial charge on any atom is 0.253 e. The molecule has 0 saturated carbocycles. The van der Waals surface area contributed by atoms with Gasteiger partial charge in [-0.05, 0) is 31.2 Å². The predicted molar refractivity (Wildman–Crippen MR) is 72.0 cm³/mol. The van der Waals surface area contributed by atoms with Crippen molar-refractivity contribution >= 4 is 34.5 Å². The van der Waals surface area contributed by atoms with Crippen molar-refractivity contribution in [2.75, 3.05) is 0 Å². The first-order chi connectivity index (χ1) is 7.40. The number of amides is 1. The van der Waals surface area contributed by atoms with Crippen molar-refractivity contribution in [2.45, 2.75) is 32.7 Å². The number of thiophene rings is 1. The normalized spacial score (nSPS) is 14.2. The van der Waals surface area contributed by atoms with Gasteiger partial charge in [-0.3, -0.25) is 4.79 Å². The van der Waals surface area contributed by atoms with Crippen molar-refractivity contribution in [1.29, 1.82) is 0 Å². The fraction of sp³-hybridized carbons (Fsp3) is 0.455. The van der Waals surface area contributed by atoms with E-state index in [1.807, 2.05) is 31.5 Å². The summed E-state index contributed by atoms with van der Waals surface area (Å²) in [6.45, 7) is 5.70. The van der Waals surface area contributed by atoms with Crippen LogP contribution in [-0.4, -0.2) is 16.4 Å². The molecule has 0 saturated heterocycles. The van der Waals surface area contributed by atoms with E-state index < -0.39 is 5.54 Å². The van der Waals surface area contributed by atoms with Gasteiger partial charge in [-0.2, -0.15) is 11.3 Å². The number of nitrogens with two attached hydrogens (primary N) is 1. The van der Waals surface area contributed by atoms with E-state index in [2.05, 4.69) is 5.32 Å². The minimum absolute atomic E-state index is 0.115. The number of carbonyl (C=O) groups excluding carboxylic acids is 1. The van der Waals surface area contributed by atoms with Crippen LogP contribution in [0.1, 0.15) is 36.2 Å². The minimum atomic E-state index is -0.610. The first-order valence-corrected chi connectivity index (χ1v) is 6.41. The molecule has 1 rings (SSSR count). The third-order valence-electron chi connectivity index (χ3n) is 2.74. The third-order valence-corrected chi connectivity index (χ3v) is 4.05. The van der Waals surface area contributed by atoms with Crippen molar-refractivity contribution in [3.63, 3.8) is 0 Å². The number of nitrogens with one attached hydrogen (secondary N) is 1. The third kappa shape index (κ3) is 2.59. The smallest absolute Gasteiger partial charge is 0.253 e. The lowest BCUT2D eigenvalue weighted by Gasteiger charge is -2.28. The lowest BCUT2D eigenvalue weighted by molar-refractivity contribution is 0.0926. The van der Waals surface area contributed by atoms with Crippen LogP contribution in [0.3, 0.4) is 0 Å². The second kappa shape index (κ2) is 4.93. The van der Waals surface area contributed by atoms with E-state index in [-0.39, 0.29) is 5.91 Å². The van der Waals surface area contributed by atoms with Crippen LogP contribution in [0.4, 0.5) is 0 Å². The van der Waals surface area contributed by atoms with Gasteiger partial charge in [0.15, 0.2) is 0 Å². The highest BCUT2D eigenvalue weighted by atomic mass is 32.1. The number of thiocarbonyl (C=S) groups is 1. The zero-order chi connectivity index (χ0) is 12.3. The highest BCUT2D eigenvalue weighted by molar-refractivity contribution is 7.80. The highest BCUT2D eigenvalue weighted by Crippen LogP contribution is 2.16. The topological polar surface area (TPSA) is 55.1 Å². The van der Waals surface area contributed by atoms with Gasteiger partial charge >= 0.3 is 0 Å². The Balaban J connectivity index is 2.86. The molecule has 0 spiro atoms. The summed E-state index contributed by atoms with van der Waals surface area (Å²) >= 11 is 6.49. The lowest BCUT2D eigenvalue weighted by Crippen LogP contribution is -2.54. The number of carbonyl (C=O) groups is 1. The summed E-state index contributed by atoms with van der Waals surface area (Å²) < 4.78 is 0. The van der Waals surface area contributed by atoms with Gasteiger partial charge in [0.05, 0.1) is 16.1 Å². The molecule has 0 aliphatic carbocycles. The average molecular weight is 256 g/mol. The monoisotopic (exact) mass is 256 g/mol. The largest absolute Gasteiger partial charge is 0.391 e. The predicted octanol–water partition coefficient (Wildman–Crippen LogP) is 2.24. The van der Waals surface area contributed by atoms with Crippen LogP contribution >= 0.6 is 23.6 Å². The van der Waals surface area contributed by atoms with Gasteiger partial charge in [-0.25, -0.2) is 0 Å². The molecule has 3 N–H and O–H groups in total. The Morgan fingerprint density at radius 1 is 1.62 bits per heavy atom. The maximum absolute atomic E-state index is 12.0. The molecule has 1 aromatic rings. The number of hydrogen-bond acceptors (Lipinski definition) is 3.